The number of fused-ring (bicyclic) bond motifs is 1. The van der Waals surface area contributed by atoms with Gasteiger partial charge in [-0.25, -0.2) is 4.98 Å². The molecule has 21 heavy (non-hydrogen) atoms. The van der Waals surface area contributed by atoms with Crippen LogP contribution in [-0.4, -0.2) is 15.9 Å². The second-order valence-corrected chi connectivity index (χ2v) is 5.58. The summed E-state index contributed by atoms with van der Waals surface area (Å²) in [5.41, 5.74) is 3.57. The summed E-state index contributed by atoms with van der Waals surface area (Å²) >= 11 is 0. The third-order valence-electron chi connectivity index (χ3n) is 3.88. The maximum Gasteiger partial charge on any atom is 0.256 e. The van der Waals surface area contributed by atoms with E-state index in [0.717, 1.165) is 16.7 Å². The molecular formula is C16H17N3O2. The molecule has 0 radical (unpaired) electrons. The Bertz CT molecular complexity index is 793. The number of carbonyl (C=O) groups excluding carboxylic acids is 1. The van der Waals surface area contributed by atoms with Crippen molar-refractivity contribution in [3.63, 3.8) is 0 Å². The largest absolute Gasteiger partial charge is 0.310 e. The molecule has 1 aliphatic rings. The van der Waals surface area contributed by atoms with Gasteiger partial charge in [-0.1, -0.05) is 23.8 Å². The second-order valence-electron chi connectivity index (χ2n) is 5.58. The molecule has 108 valence electrons. The normalized spacial score (nSPS) is 17.3. The fourth-order valence-corrected chi connectivity index (χ4v) is 2.88. The Balaban J connectivity index is 2.24. The summed E-state index contributed by atoms with van der Waals surface area (Å²) in [6.45, 7) is 5.70. The van der Waals surface area contributed by atoms with Crippen LogP contribution in [-0.2, 0) is 4.79 Å². The molecule has 2 heterocycles. The van der Waals surface area contributed by atoms with E-state index < -0.39 is 0 Å². The van der Waals surface area contributed by atoms with Gasteiger partial charge < -0.3 is 10.3 Å². The Kier molecular flexibility index (Phi) is 3.12. The minimum Gasteiger partial charge on any atom is -0.310 e. The summed E-state index contributed by atoms with van der Waals surface area (Å²) in [4.78, 5) is 31.3. The number of aryl methyl sites for hydroxylation is 3. The Hall–Kier alpha value is -2.43. The number of H-pyrrole nitrogens is 1. The molecule has 1 aromatic heterocycles. The third kappa shape index (κ3) is 2.35. The number of hydrogen-bond donors (Lipinski definition) is 2. The van der Waals surface area contributed by atoms with Gasteiger partial charge >= 0.3 is 0 Å². The minimum absolute atomic E-state index is 0.106. The third-order valence-corrected chi connectivity index (χ3v) is 3.88. The smallest absolute Gasteiger partial charge is 0.256 e. The van der Waals surface area contributed by atoms with Gasteiger partial charge in [0.1, 0.15) is 11.6 Å². The molecule has 1 amide bonds. The Labute approximate surface area is 122 Å². The van der Waals surface area contributed by atoms with Crippen molar-refractivity contribution in [2.45, 2.75) is 33.1 Å². The number of nitrogens with zero attached hydrogens (tertiary/aromatic N) is 1. The first-order chi connectivity index (χ1) is 9.95. The molecule has 1 aromatic carbocycles. The van der Waals surface area contributed by atoms with Crippen molar-refractivity contribution in [1.82, 2.24) is 9.97 Å². The summed E-state index contributed by atoms with van der Waals surface area (Å²) in [7, 11) is 0. The van der Waals surface area contributed by atoms with Gasteiger partial charge in [-0.2, -0.15) is 0 Å². The highest BCUT2D eigenvalue weighted by Crippen LogP contribution is 2.35. The Morgan fingerprint density at radius 2 is 1.95 bits per heavy atom. The van der Waals surface area contributed by atoms with E-state index in [-0.39, 0.29) is 23.8 Å². The van der Waals surface area contributed by atoms with Crippen LogP contribution in [0.25, 0.3) is 0 Å². The monoisotopic (exact) mass is 283 g/mol. The number of aromatic amines is 1. The van der Waals surface area contributed by atoms with Crippen LogP contribution in [0.15, 0.2) is 23.0 Å². The first-order valence-electron chi connectivity index (χ1n) is 6.93. The van der Waals surface area contributed by atoms with E-state index in [1.807, 2.05) is 32.0 Å². The topological polar surface area (TPSA) is 74.8 Å². The molecular weight excluding hydrogens is 266 g/mol. The SMILES string of the molecule is Cc1ccc(C)c([C@H]2CC(=O)Nc3nc(C)[nH]c(=O)c32)c1. The standard InChI is InChI=1S/C16H17N3O2/c1-8-4-5-9(2)11(6-8)12-7-13(20)19-15-14(12)16(21)18-10(3)17-15/h4-6,12H,7H2,1-3H3,(H2,17,18,19,20,21)/t12-/m1/s1. The minimum atomic E-state index is -0.245. The van der Waals surface area contributed by atoms with Crippen LogP contribution in [0.3, 0.4) is 0 Å². The molecule has 0 bridgehead atoms. The lowest BCUT2D eigenvalue weighted by atomic mass is 9.84. The fraction of sp³-hybridized carbons (Fsp3) is 0.312. The highest BCUT2D eigenvalue weighted by molar-refractivity contribution is 5.94. The van der Waals surface area contributed by atoms with Gasteiger partial charge in [0.05, 0.1) is 5.56 Å². The lowest BCUT2D eigenvalue weighted by molar-refractivity contribution is -0.116. The number of nitrogens with one attached hydrogen (secondary N) is 2. The summed E-state index contributed by atoms with van der Waals surface area (Å²) in [6, 6.07) is 6.09. The summed E-state index contributed by atoms with van der Waals surface area (Å²) in [5, 5.41) is 2.71. The lowest BCUT2D eigenvalue weighted by Gasteiger charge is -2.25. The number of amides is 1. The highest BCUT2D eigenvalue weighted by Gasteiger charge is 2.31. The molecule has 0 spiro atoms. The van der Waals surface area contributed by atoms with Crippen molar-refractivity contribution >= 4 is 11.7 Å². The first kappa shape index (κ1) is 13.5. The van der Waals surface area contributed by atoms with Crippen LogP contribution in [0, 0.1) is 20.8 Å². The van der Waals surface area contributed by atoms with Crippen LogP contribution >= 0.6 is 0 Å². The first-order valence-corrected chi connectivity index (χ1v) is 6.93. The molecule has 2 aromatic rings. The molecule has 5 heteroatoms. The molecule has 1 atom stereocenters. The zero-order valence-corrected chi connectivity index (χ0v) is 12.3. The predicted molar refractivity (Wildman–Crippen MR) is 80.6 cm³/mol. The fourth-order valence-electron chi connectivity index (χ4n) is 2.88. The van der Waals surface area contributed by atoms with E-state index in [2.05, 4.69) is 15.3 Å². The maximum atomic E-state index is 12.3. The zero-order chi connectivity index (χ0) is 15.1. The highest BCUT2D eigenvalue weighted by atomic mass is 16.2. The van der Waals surface area contributed by atoms with Gasteiger partial charge in [-0.15, -0.1) is 0 Å². The van der Waals surface area contributed by atoms with E-state index in [1.165, 1.54) is 0 Å². The van der Waals surface area contributed by atoms with Crippen molar-refractivity contribution in [3.05, 3.63) is 56.6 Å². The van der Waals surface area contributed by atoms with Crippen molar-refractivity contribution in [2.75, 3.05) is 5.32 Å². The summed E-state index contributed by atoms with van der Waals surface area (Å²) in [5.74, 6) is 0.537. The number of aromatic nitrogens is 2. The molecule has 5 nitrogen and oxygen atoms in total. The Morgan fingerprint density at radius 1 is 1.19 bits per heavy atom. The van der Waals surface area contributed by atoms with Crippen molar-refractivity contribution in [2.24, 2.45) is 0 Å². The molecule has 0 aliphatic carbocycles. The molecule has 3 rings (SSSR count). The zero-order valence-electron chi connectivity index (χ0n) is 12.3. The van der Waals surface area contributed by atoms with Crippen LogP contribution < -0.4 is 10.9 Å². The number of benzene rings is 1. The van der Waals surface area contributed by atoms with Crippen LogP contribution in [0.1, 0.15) is 40.4 Å². The van der Waals surface area contributed by atoms with E-state index in [4.69, 9.17) is 0 Å². The molecule has 1 aliphatic heterocycles. The van der Waals surface area contributed by atoms with Gasteiger partial charge in [0, 0.05) is 12.3 Å². The average molecular weight is 283 g/mol. The van der Waals surface area contributed by atoms with Gasteiger partial charge in [-0.05, 0) is 31.9 Å². The Morgan fingerprint density at radius 3 is 2.71 bits per heavy atom. The molecule has 0 saturated heterocycles. The van der Waals surface area contributed by atoms with Crippen LogP contribution in [0.2, 0.25) is 0 Å². The number of hydrogen-bond acceptors (Lipinski definition) is 3. The van der Waals surface area contributed by atoms with E-state index in [9.17, 15) is 9.59 Å². The molecule has 0 saturated carbocycles. The van der Waals surface area contributed by atoms with Gasteiger partial charge in [0.15, 0.2) is 0 Å². The van der Waals surface area contributed by atoms with E-state index in [0.29, 0.717) is 17.2 Å². The van der Waals surface area contributed by atoms with E-state index >= 15 is 0 Å². The van der Waals surface area contributed by atoms with Gasteiger partial charge in [-0.3, -0.25) is 9.59 Å². The maximum absolute atomic E-state index is 12.3. The molecule has 2 N–H and O–H groups in total. The second kappa shape index (κ2) is 4.84. The van der Waals surface area contributed by atoms with Gasteiger partial charge in [0.2, 0.25) is 5.91 Å². The molecule has 0 fully saturated rings. The number of rotatable bonds is 1. The van der Waals surface area contributed by atoms with Crippen LogP contribution in [0.5, 0.6) is 0 Å². The average Bonchev–Trinajstić information content (AvgIpc) is 2.39. The number of anilines is 1. The number of carbonyl (C=O) groups is 1. The predicted octanol–water partition coefficient (Wildman–Crippen LogP) is 2.17. The quantitative estimate of drug-likeness (QED) is 0.842. The van der Waals surface area contributed by atoms with Crippen LogP contribution in [0.4, 0.5) is 5.82 Å². The summed E-state index contributed by atoms with van der Waals surface area (Å²) in [6.07, 6.45) is 0.269. The van der Waals surface area contributed by atoms with Crippen molar-refractivity contribution < 1.29 is 4.79 Å². The van der Waals surface area contributed by atoms with Crippen molar-refractivity contribution in [1.29, 1.82) is 0 Å². The molecule has 0 unspecified atom stereocenters. The lowest BCUT2D eigenvalue weighted by Crippen LogP contribution is -2.31. The van der Waals surface area contributed by atoms with E-state index in [1.54, 1.807) is 6.92 Å². The summed E-state index contributed by atoms with van der Waals surface area (Å²) < 4.78 is 0. The van der Waals surface area contributed by atoms with Gasteiger partial charge in [0.25, 0.3) is 5.56 Å². The van der Waals surface area contributed by atoms with Crippen molar-refractivity contribution in [3.8, 4) is 0 Å².